The molecule has 0 aliphatic heterocycles. The van der Waals surface area contributed by atoms with Crippen LogP contribution in [0.4, 0.5) is 0 Å². The number of carbonyl (C=O) groups is 1. The van der Waals surface area contributed by atoms with Gasteiger partial charge in [-0.1, -0.05) is 31.5 Å². The highest BCUT2D eigenvalue weighted by Crippen LogP contribution is 2.17. The van der Waals surface area contributed by atoms with E-state index in [0.29, 0.717) is 13.0 Å². The average molecular weight is 233 g/mol. The zero-order valence-electron chi connectivity index (χ0n) is 11.1. The number of nitrogens with two attached hydrogens (primary N) is 1. The van der Waals surface area contributed by atoms with E-state index < -0.39 is 0 Å². The second kappa shape index (κ2) is 6.55. The lowest BCUT2D eigenvalue weighted by atomic mass is 9.90. The van der Waals surface area contributed by atoms with E-state index >= 15 is 0 Å². The van der Waals surface area contributed by atoms with Crippen LogP contribution in [0.2, 0.25) is 0 Å². The fraction of sp³-hybridized carbons (Fsp3) is 0.533. The highest BCUT2D eigenvalue weighted by atomic mass is 16.1. The van der Waals surface area contributed by atoms with Crippen LogP contribution in [0.3, 0.4) is 0 Å². The van der Waals surface area contributed by atoms with Crippen LogP contribution in [-0.4, -0.2) is 12.3 Å². The van der Waals surface area contributed by atoms with Crippen molar-refractivity contribution in [3.8, 4) is 0 Å². The number of ketones is 1. The Balaban J connectivity index is 2.80. The van der Waals surface area contributed by atoms with Gasteiger partial charge in [0.25, 0.3) is 0 Å². The summed E-state index contributed by atoms with van der Waals surface area (Å²) in [4.78, 5) is 12.2. The maximum atomic E-state index is 12.2. The van der Waals surface area contributed by atoms with E-state index in [1.807, 2.05) is 6.07 Å². The first-order valence-corrected chi connectivity index (χ1v) is 6.38. The maximum absolute atomic E-state index is 12.2. The van der Waals surface area contributed by atoms with Crippen molar-refractivity contribution < 1.29 is 4.79 Å². The molecule has 0 heterocycles. The molecule has 2 heteroatoms. The summed E-state index contributed by atoms with van der Waals surface area (Å²) in [5, 5.41) is 0. The summed E-state index contributed by atoms with van der Waals surface area (Å²) < 4.78 is 0. The Bertz CT molecular complexity index is 364. The number of hydrogen-bond acceptors (Lipinski definition) is 2. The molecule has 2 nitrogen and oxygen atoms in total. The fourth-order valence-electron chi connectivity index (χ4n) is 2.21. The first-order chi connectivity index (χ1) is 8.10. The van der Waals surface area contributed by atoms with Crippen LogP contribution in [0.15, 0.2) is 18.2 Å². The minimum Gasteiger partial charge on any atom is -0.330 e. The van der Waals surface area contributed by atoms with E-state index in [1.54, 1.807) is 0 Å². The Hall–Kier alpha value is -1.15. The Morgan fingerprint density at radius 2 is 1.88 bits per heavy atom. The molecule has 0 radical (unpaired) electrons. The minimum atomic E-state index is 0.0269. The number of Topliss-reactive ketones (excluding diaryl/α,β-unsaturated/α-hetero) is 1. The van der Waals surface area contributed by atoms with E-state index in [0.717, 1.165) is 12.8 Å². The summed E-state index contributed by atoms with van der Waals surface area (Å²) in [5.74, 6) is 0.311. The summed E-state index contributed by atoms with van der Waals surface area (Å²) in [5.41, 5.74) is 9.24. The van der Waals surface area contributed by atoms with Crippen LogP contribution in [0.25, 0.3) is 0 Å². The molecule has 0 aliphatic carbocycles. The number of benzene rings is 1. The predicted molar refractivity (Wildman–Crippen MR) is 72.1 cm³/mol. The zero-order valence-corrected chi connectivity index (χ0v) is 11.1. The third kappa shape index (κ3) is 3.67. The Labute approximate surface area is 104 Å². The van der Waals surface area contributed by atoms with Crippen LogP contribution in [-0.2, 0) is 11.2 Å². The molecule has 0 spiro atoms. The van der Waals surface area contributed by atoms with Crippen LogP contribution in [0.1, 0.15) is 36.5 Å². The molecule has 1 rings (SSSR count). The molecule has 94 valence electrons. The topological polar surface area (TPSA) is 43.1 Å². The van der Waals surface area contributed by atoms with Crippen molar-refractivity contribution in [2.75, 3.05) is 6.54 Å². The molecule has 0 fully saturated rings. The van der Waals surface area contributed by atoms with Crippen molar-refractivity contribution in [2.45, 2.75) is 40.0 Å². The van der Waals surface area contributed by atoms with Gasteiger partial charge in [-0.2, -0.15) is 0 Å². The van der Waals surface area contributed by atoms with Gasteiger partial charge in [-0.05, 0) is 37.0 Å². The first-order valence-electron chi connectivity index (χ1n) is 6.38. The summed E-state index contributed by atoms with van der Waals surface area (Å²) in [6.45, 7) is 6.69. The molecule has 0 aromatic heterocycles. The molecular weight excluding hydrogens is 210 g/mol. The summed E-state index contributed by atoms with van der Waals surface area (Å²) in [6.07, 6.45) is 2.45. The van der Waals surface area contributed by atoms with E-state index in [-0.39, 0.29) is 11.7 Å². The van der Waals surface area contributed by atoms with Crippen LogP contribution < -0.4 is 5.73 Å². The predicted octanol–water partition coefficient (Wildman–Crippen LogP) is 2.79. The Morgan fingerprint density at radius 1 is 1.29 bits per heavy atom. The lowest BCUT2D eigenvalue weighted by Crippen LogP contribution is -2.25. The number of carbonyl (C=O) groups excluding carboxylic acids is 1. The number of rotatable bonds is 6. The molecular formula is C15H23NO. The normalized spacial score (nSPS) is 12.5. The Morgan fingerprint density at radius 3 is 2.35 bits per heavy atom. The average Bonchev–Trinajstić information content (AvgIpc) is 2.30. The van der Waals surface area contributed by atoms with E-state index in [4.69, 9.17) is 5.73 Å². The molecule has 2 N–H and O–H groups in total. The molecule has 1 aromatic carbocycles. The van der Waals surface area contributed by atoms with Crippen molar-refractivity contribution in [3.63, 3.8) is 0 Å². The highest BCUT2D eigenvalue weighted by molar-refractivity contribution is 5.84. The molecule has 0 bridgehead atoms. The smallest absolute Gasteiger partial charge is 0.141 e. The van der Waals surface area contributed by atoms with Gasteiger partial charge in [0.1, 0.15) is 5.78 Å². The molecule has 1 atom stereocenters. The molecule has 0 saturated heterocycles. The van der Waals surface area contributed by atoms with Crippen LogP contribution in [0.5, 0.6) is 0 Å². The van der Waals surface area contributed by atoms with Gasteiger partial charge in [0, 0.05) is 18.9 Å². The van der Waals surface area contributed by atoms with E-state index in [1.165, 1.54) is 16.7 Å². The summed E-state index contributed by atoms with van der Waals surface area (Å²) in [6, 6.07) is 6.16. The molecule has 0 aliphatic rings. The second-order valence-corrected chi connectivity index (χ2v) is 4.73. The fourth-order valence-corrected chi connectivity index (χ4v) is 2.21. The van der Waals surface area contributed by atoms with Crippen molar-refractivity contribution in [2.24, 2.45) is 11.7 Å². The third-order valence-corrected chi connectivity index (χ3v) is 3.37. The van der Waals surface area contributed by atoms with Gasteiger partial charge in [-0.25, -0.2) is 0 Å². The van der Waals surface area contributed by atoms with Gasteiger partial charge in [0.2, 0.25) is 0 Å². The standard InChI is InChI=1S/C15H23NO/c1-4-6-13(10-16)15(17)9-14-11(2)7-5-8-12(14)3/h5,7-8,13H,4,6,9-10,16H2,1-3H3. The number of hydrogen-bond donors (Lipinski definition) is 1. The quantitative estimate of drug-likeness (QED) is 0.821. The highest BCUT2D eigenvalue weighted by Gasteiger charge is 2.17. The van der Waals surface area contributed by atoms with Gasteiger partial charge in [0.15, 0.2) is 0 Å². The van der Waals surface area contributed by atoms with Gasteiger partial charge < -0.3 is 5.73 Å². The summed E-state index contributed by atoms with van der Waals surface area (Å²) >= 11 is 0. The van der Waals surface area contributed by atoms with E-state index in [9.17, 15) is 4.79 Å². The lowest BCUT2D eigenvalue weighted by molar-refractivity contribution is -0.122. The number of aryl methyl sites for hydroxylation is 2. The van der Waals surface area contributed by atoms with Gasteiger partial charge >= 0.3 is 0 Å². The summed E-state index contributed by atoms with van der Waals surface area (Å²) in [7, 11) is 0. The largest absolute Gasteiger partial charge is 0.330 e. The lowest BCUT2D eigenvalue weighted by Gasteiger charge is -2.14. The van der Waals surface area contributed by atoms with Gasteiger partial charge in [-0.15, -0.1) is 0 Å². The first kappa shape index (κ1) is 13.9. The van der Waals surface area contributed by atoms with Crippen molar-refractivity contribution in [1.82, 2.24) is 0 Å². The van der Waals surface area contributed by atoms with Crippen LogP contribution in [0, 0.1) is 19.8 Å². The molecule has 0 amide bonds. The van der Waals surface area contributed by atoms with Crippen molar-refractivity contribution in [3.05, 3.63) is 34.9 Å². The van der Waals surface area contributed by atoms with Gasteiger partial charge in [0.05, 0.1) is 0 Å². The zero-order chi connectivity index (χ0) is 12.8. The van der Waals surface area contributed by atoms with Crippen molar-refractivity contribution >= 4 is 5.78 Å². The third-order valence-electron chi connectivity index (χ3n) is 3.37. The minimum absolute atomic E-state index is 0.0269. The maximum Gasteiger partial charge on any atom is 0.141 e. The molecule has 1 aromatic rings. The SMILES string of the molecule is CCCC(CN)C(=O)Cc1c(C)cccc1C. The molecule has 17 heavy (non-hydrogen) atoms. The van der Waals surface area contributed by atoms with Crippen LogP contribution >= 0.6 is 0 Å². The van der Waals surface area contributed by atoms with E-state index in [2.05, 4.69) is 32.9 Å². The van der Waals surface area contributed by atoms with Gasteiger partial charge in [-0.3, -0.25) is 4.79 Å². The Kier molecular flexibility index (Phi) is 5.36. The molecule has 0 saturated carbocycles. The van der Waals surface area contributed by atoms with Crippen molar-refractivity contribution in [1.29, 1.82) is 0 Å². The second-order valence-electron chi connectivity index (χ2n) is 4.73. The molecule has 1 unspecified atom stereocenters. The monoisotopic (exact) mass is 233 g/mol.